The Balaban J connectivity index is 2.07. The van der Waals surface area contributed by atoms with Crippen molar-refractivity contribution in [3.8, 4) is 5.75 Å². The van der Waals surface area contributed by atoms with E-state index in [0.717, 1.165) is 11.3 Å². The van der Waals surface area contributed by atoms with Gasteiger partial charge in [-0.15, -0.1) is 0 Å². The quantitative estimate of drug-likeness (QED) is 0.700. The first-order valence-corrected chi connectivity index (χ1v) is 5.50. The predicted molar refractivity (Wildman–Crippen MR) is 57.5 cm³/mol. The minimum atomic E-state index is 0.224. The molecule has 1 aromatic carbocycles. The van der Waals surface area contributed by atoms with Gasteiger partial charge < -0.3 is 4.74 Å². The van der Waals surface area contributed by atoms with Crippen molar-refractivity contribution in [1.29, 1.82) is 0 Å². The summed E-state index contributed by atoms with van der Waals surface area (Å²) in [6.45, 7) is 2.78. The fraction of sp³-hybridized carbons (Fsp3) is 0.462. The molecule has 1 saturated carbocycles. The van der Waals surface area contributed by atoms with Crippen LogP contribution in [0.5, 0.6) is 5.75 Å². The molecule has 2 aliphatic rings. The topological polar surface area (TPSA) is 26.3 Å². The van der Waals surface area contributed by atoms with Gasteiger partial charge in [-0.05, 0) is 36.0 Å². The minimum Gasteiger partial charge on any atom is -0.492 e. The van der Waals surface area contributed by atoms with Crippen LogP contribution in [0.1, 0.15) is 42.1 Å². The van der Waals surface area contributed by atoms with Gasteiger partial charge in [0.1, 0.15) is 5.75 Å². The SMILES string of the molecule is CC1(c2ccc3c(c2)C(=O)CCO3)CC1. The Kier molecular flexibility index (Phi) is 1.70. The molecule has 1 fully saturated rings. The molecule has 1 heterocycles. The molecule has 0 spiro atoms. The van der Waals surface area contributed by atoms with E-state index in [9.17, 15) is 4.79 Å². The minimum absolute atomic E-state index is 0.224. The Bertz CT molecular complexity index is 430. The van der Waals surface area contributed by atoms with Crippen LogP contribution in [0.2, 0.25) is 0 Å². The van der Waals surface area contributed by atoms with E-state index in [-0.39, 0.29) is 5.78 Å². The van der Waals surface area contributed by atoms with Gasteiger partial charge in [-0.3, -0.25) is 4.79 Å². The van der Waals surface area contributed by atoms with Crippen molar-refractivity contribution in [1.82, 2.24) is 0 Å². The van der Waals surface area contributed by atoms with Gasteiger partial charge in [0.25, 0.3) is 0 Å². The lowest BCUT2D eigenvalue weighted by molar-refractivity contribution is 0.0933. The van der Waals surface area contributed by atoms with Crippen LogP contribution in [0, 0.1) is 0 Å². The van der Waals surface area contributed by atoms with Crippen molar-refractivity contribution in [2.24, 2.45) is 0 Å². The van der Waals surface area contributed by atoms with Crippen LogP contribution in [-0.2, 0) is 5.41 Å². The Morgan fingerprint density at radius 1 is 1.33 bits per heavy atom. The average molecular weight is 202 g/mol. The van der Waals surface area contributed by atoms with E-state index in [1.165, 1.54) is 18.4 Å². The molecule has 15 heavy (non-hydrogen) atoms. The van der Waals surface area contributed by atoms with Gasteiger partial charge >= 0.3 is 0 Å². The van der Waals surface area contributed by atoms with Gasteiger partial charge in [0.05, 0.1) is 12.2 Å². The van der Waals surface area contributed by atoms with Crippen LogP contribution in [-0.4, -0.2) is 12.4 Å². The number of benzene rings is 1. The number of fused-ring (bicyclic) bond motifs is 1. The van der Waals surface area contributed by atoms with E-state index < -0.39 is 0 Å². The van der Waals surface area contributed by atoms with Crippen molar-refractivity contribution < 1.29 is 9.53 Å². The fourth-order valence-electron chi connectivity index (χ4n) is 2.11. The van der Waals surface area contributed by atoms with Crippen molar-refractivity contribution in [2.45, 2.75) is 31.6 Å². The van der Waals surface area contributed by atoms with Gasteiger partial charge in [0.2, 0.25) is 0 Å². The van der Waals surface area contributed by atoms with Gasteiger partial charge in [-0.25, -0.2) is 0 Å². The monoisotopic (exact) mass is 202 g/mol. The first kappa shape index (κ1) is 8.96. The summed E-state index contributed by atoms with van der Waals surface area (Å²) in [5, 5.41) is 0. The Hall–Kier alpha value is -1.31. The number of ether oxygens (including phenoxy) is 1. The summed E-state index contributed by atoms with van der Waals surface area (Å²) in [4.78, 5) is 11.7. The molecule has 0 unspecified atom stereocenters. The van der Waals surface area contributed by atoms with Crippen molar-refractivity contribution >= 4 is 5.78 Å². The molecule has 0 saturated heterocycles. The van der Waals surface area contributed by atoms with Crippen molar-refractivity contribution in [3.63, 3.8) is 0 Å². The molecule has 0 amide bonds. The Morgan fingerprint density at radius 2 is 2.13 bits per heavy atom. The smallest absolute Gasteiger partial charge is 0.170 e. The second-order valence-electron chi connectivity index (χ2n) is 4.79. The Labute approximate surface area is 89.2 Å². The van der Waals surface area contributed by atoms with E-state index in [0.29, 0.717) is 18.4 Å². The van der Waals surface area contributed by atoms with Crippen LogP contribution >= 0.6 is 0 Å². The lowest BCUT2D eigenvalue weighted by atomic mass is 9.93. The van der Waals surface area contributed by atoms with Gasteiger partial charge in [-0.2, -0.15) is 0 Å². The summed E-state index contributed by atoms with van der Waals surface area (Å²) in [5.41, 5.74) is 2.40. The molecule has 2 nitrogen and oxygen atoms in total. The number of hydrogen-bond acceptors (Lipinski definition) is 2. The number of rotatable bonds is 1. The summed E-state index contributed by atoms with van der Waals surface area (Å²) in [6, 6.07) is 6.08. The summed E-state index contributed by atoms with van der Waals surface area (Å²) >= 11 is 0. The molecule has 78 valence electrons. The first-order valence-electron chi connectivity index (χ1n) is 5.50. The van der Waals surface area contributed by atoms with Crippen LogP contribution in [0.25, 0.3) is 0 Å². The lowest BCUT2D eigenvalue weighted by Gasteiger charge is -2.18. The third-order valence-electron chi connectivity index (χ3n) is 3.56. The summed E-state index contributed by atoms with van der Waals surface area (Å²) in [6.07, 6.45) is 2.99. The van der Waals surface area contributed by atoms with Crippen LogP contribution in [0.4, 0.5) is 0 Å². The molecule has 0 radical (unpaired) electrons. The highest BCUT2D eigenvalue weighted by Gasteiger charge is 2.39. The molecule has 1 aromatic rings. The standard InChI is InChI=1S/C13H14O2/c1-13(5-6-13)9-2-3-12-10(8-9)11(14)4-7-15-12/h2-3,8H,4-7H2,1H3. The van der Waals surface area contributed by atoms with E-state index in [1.807, 2.05) is 12.1 Å². The highest BCUT2D eigenvalue weighted by molar-refractivity contribution is 5.99. The second kappa shape index (κ2) is 2.84. The highest BCUT2D eigenvalue weighted by atomic mass is 16.5. The molecular weight excluding hydrogens is 188 g/mol. The number of carbonyl (C=O) groups is 1. The number of hydrogen-bond donors (Lipinski definition) is 0. The molecule has 1 aliphatic heterocycles. The van der Waals surface area contributed by atoms with Crippen LogP contribution in [0.15, 0.2) is 18.2 Å². The van der Waals surface area contributed by atoms with Crippen LogP contribution < -0.4 is 4.74 Å². The number of ketones is 1. The maximum Gasteiger partial charge on any atom is 0.170 e. The van der Waals surface area contributed by atoms with Crippen molar-refractivity contribution in [2.75, 3.05) is 6.61 Å². The third kappa shape index (κ3) is 1.36. The van der Waals surface area contributed by atoms with E-state index in [2.05, 4.69) is 13.0 Å². The molecule has 0 bridgehead atoms. The summed E-state index contributed by atoms with van der Waals surface area (Å²) in [7, 11) is 0. The van der Waals surface area contributed by atoms with E-state index in [4.69, 9.17) is 4.74 Å². The maximum absolute atomic E-state index is 11.7. The maximum atomic E-state index is 11.7. The zero-order valence-electron chi connectivity index (χ0n) is 8.88. The normalized spacial score (nSPS) is 21.8. The summed E-state index contributed by atoms with van der Waals surface area (Å²) < 4.78 is 5.46. The highest BCUT2D eigenvalue weighted by Crippen LogP contribution is 2.48. The molecule has 2 heteroatoms. The molecule has 0 aromatic heterocycles. The molecule has 0 N–H and O–H groups in total. The van der Waals surface area contributed by atoms with Crippen LogP contribution in [0.3, 0.4) is 0 Å². The first-order chi connectivity index (χ1) is 7.19. The number of carbonyl (C=O) groups excluding carboxylic acids is 1. The Morgan fingerprint density at radius 3 is 2.87 bits per heavy atom. The van der Waals surface area contributed by atoms with E-state index in [1.54, 1.807) is 0 Å². The molecule has 3 rings (SSSR count). The molecule has 1 aliphatic carbocycles. The predicted octanol–water partition coefficient (Wildman–Crippen LogP) is 2.70. The van der Waals surface area contributed by atoms with Gasteiger partial charge in [0, 0.05) is 6.42 Å². The van der Waals surface area contributed by atoms with Gasteiger partial charge in [0.15, 0.2) is 5.78 Å². The summed E-state index contributed by atoms with van der Waals surface area (Å²) in [5.74, 6) is 0.988. The molecular formula is C13H14O2. The van der Waals surface area contributed by atoms with Gasteiger partial charge in [-0.1, -0.05) is 13.0 Å². The van der Waals surface area contributed by atoms with E-state index >= 15 is 0 Å². The van der Waals surface area contributed by atoms with Crippen molar-refractivity contribution in [3.05, 3.63) is 29.3 Å². The zero-order valence-corrected chi connectivity index (χ0v) is 8.88. The largest absolute Gasteiger partial charge is 0.492 e. The average Bonchev–Trinajstić information content (AvgIpc) is 2.98. The number of Topliss-reactive ketones (excluding diaryl/α,β-unsaturated/α-hetero) is 1. The molecule has 0 atom stereocenters. The lowest BCUT2D eigenvalue weighted by Crippen LogP contribution is -2.16. The second-order valence-corrected chi connectivity index (χ2v) is 4.79. The zero-order chi connectivity index (χ0) is 10.5. The fourth-order valence-corrected chi connectivity index (χ4v) is 2.11. The third-order valence-corrected chi connectivity index (χ3v) is 3.56.